The van der Waals surface area contributed by atoms with Crippen LogP contribution in [0.15, 0.2) is 24.3 Å². The van der Waals surface area contributed by atoms with Gasteiger partial charge in [0, 0.05) is 19.1 Å². The van der Waals surface area contributed by atoms with E-state index >= 15 is 0 Å². The highest BCUT2D eigenvalue weighted by Gasteiger charge is 2.12. The van der Waals surface area contributed by atoms with Crippen LogP contribution in [0.2, 0.25) is 0 Å². The summed E-state index contributed by atoms with van der Waals surface area (Å²) >= 11 is 0. The van der Waals surface area contributed by atoms with Crippen molar-refractivity contribution in [2.75, 3.05) is 0 Å². The minimum Gasteiger partial charge on any atom is -0.435 e. The number of nitrogens with one attached hydrogen (secondary N) is 1. The van der Waals surface area contributed by atoms with E-state index in [4.69, 9.17) is 0 Å². The molecule has 0 saturated carbocycles. The molecule has 7 heteroatoms. The van der Waals surface area contributed by atoms with Crippen molar-refractivity contribution in [3.8, 4) is 5.75 Å². The zero-order valence-corrected chi connectivity index (χ0v) is 12.9. The average Bonchev–Trinajstić information content (AvgIpc) is 2.84. The lowest BCUT2D eigenvalue weighted by Gasteiger charge is -2.16. The number of aryl methyl sites for hydroxylation is 2. The van der Waals surface area contributed by atoms with Gasteiger partial charge in [-0.1, -0.05) is 17.3 Å². The molecule has 0 spiro atoms. The Labute approximate surface area is 128 Å². The average molecular weight is 310 g/mol. The van der Waals surface area contributed by atoms with Gasteiger partial charge in [0.15, 0.2) is 0 Å². The lowest BCUT2D eigenvalue weighted by Crippen LogP contribution is -2.21. The summed E-state index contributed by atoms with van der Waals surface area (Å²) in [4.78, 5) is 0. The van der Waals surface area contributed by atoms with Gasteiger partial charge in [-0.15, -0.1) is 5.10 Å². The maximum absolute atomic E-state index is 12.3. The monoisotopic (exact) mass is 310 g/mol. The molecule has 0 bridgehead atoms. The van der Waals surface area contributed by atoms with Crippen molar-refractivity contribution >= 4 is 0 Å². The minimum absolute atomic E-state index is 0.0131. The van der Waals surface area contributed by atoms with Crippen molar-refractivity contribution in [3.05, 3.63) is 41.2 Å². The number of halogens is 2. The summed E-state index contributed by atoms with van der Waals surface area (Å²) in [7, 11) is 0. The van der Waals surface area contributed by atoms with E-state index in [1.807, 2.05) is 31.5 Å². The summed E-state index contributed by atoms with van der Waals surface area (Å²) < 4.78 is 30.8. The molecule has 0 amide bonds. The molecule has 2 rings (SSSR count). The molecule has 0 aliphatic carbocycles. The minimum atomic E-state index is -2.81. The van der Waals surface area contributed by atoms with E-state index in [-0.39, 0.29) is 11.8 Å². The second-order valence-corrected chi connectivity index (χ2v) is 4.99. The summed E-state index contributed by atoms with van der Waals surface area (Å²) in [5, 5.41) is 11.5. The van der Waals surface area contributed by atoms with Gasteiger partial charge in [0.1, 0.15) is 5.75 Å². The SMILES string of the molecule is CCn1nnc(C)c1CNC(C)c1cccc(OC(F)F)c1. The molecule has 0 aliphatic rings. The Balaban J connectivity index is 2.03. The van der Waals surface area contributed by atoms with Gasteiger partial charge < -0.3 is 10.1 Å². The molecule has 5 nitrogen and oxygen atoms in total. The molecule has 1 N–H and O–H groups in total. The lowest BCUT2D eigenvalue weighted by molar-refractivity contribution is -0.0499. The van der Waals surface area contributed by atoms with Crippen LogP contribution in [0.5, 0.6) is 5.75 Å². The summed E-state index contributed by atoms with van der Waals surface area (Å²) in [5.41, 5.74) is 2.79. The standard InChI is InChI=1S/C15H20F2N4O/c1-4-21-14(11(3)19-20-21)9-18-10(2)12-6-5-7-13(8-12)22-15(16)17/h5-8,10,15,18H,4,9H2,1-3H3. The second kappa shape index (κ2) is 7.31. The number of benzene rings is 1. The van der Waals surface area contributed by atoms with E-state index in [0.717, 1.165) is 23.5 Å². The molecular formula is C15H20F2N4O. The highest BCUT2D eigenvalue weighted by atomic mass is 19.3. The van der Waals surface area contributed by atoms with Gasteiger partial charge in [-0.3, -0.25) is 0 Å². The number of aromatic nitrogens is 3. The van der Waals surface area contributed by atoms with Crippen LogP contribution < -0.4 is 10.1 Å². The fourth-order valence-corrected chi connectivity index (χ4v) is 2.22. The van der Waals surface area contributed by atoms with E-state index in [2.05, 4.69) is 20.4 Å². The lowest BCUT2D eigenvalue weighted by atomic mass is 10.1. The summed E-state index contributed by atoms with van der Waals surface area (Å²) in [5.74, 6) is 0.164. The number of alkyl halides is 2. The first kappa shape index (κ1) is 16.4. The fraction of sp³-hybridized carbons (Fsp3) is 0.467. The van der Waals surface area contributed by atoms with Crippen molar-refractivity contribution < 1.29 is 13.5 Å². The molecule has 22 heavy (non-hydrogen) atoms. The third kappa shape index (κ3) is 4.00. The van der Waals surface area contributed by atoms with Gasteiger partial charge in [-0.25, -0.2) is 4.68 Å². The van der Waals surface area contributed by atoms with E-state index in [0.29, 0.717) is 6.54 Å². The van der Waals surface area contributed by atoms with Gasteiger partial charge in [-0.05, 0) is 38.5 Å². The first-order chi connectivity index (χ1) is 10.5. The Morgan fingerprint density at radius 3 is 2.82 bits per heavy atom. The number of hydrogen-bond donors (Lipinski definition) is 1. The molecular weight excluding hydrogens is 290 g/mol. The highest BCUT2D eigenvalue weighted by Crippen LogP contribution is 2.21. The number of nitrogens with zero attached hydrogens (tertiary/aromatic N) is 3. The Hall–Kier alpha value is -2.02. The molecule has 0 aliphatic heterocycles. The Morgan fingerprint density at radius 1 is 1.36 bits per heavy atom. The van der Waals surface area contributed by atoms with Gasteiger partial charge in [0.05, 0.1) is 11.4 Å². The first-order valence-electron chi connectivity index (χ1n) is 7.18. The van der Waals surface area contributed by atoms with Crippen LogP contribution >= 0.6 is 0 Å². The summed E-state index contributed by atoms with van der Waals surface area (Å²) in [6.07, 6.45) is 0. The molecule has 1 heterocycles. The van der Waals surface area contributed by atoms with Crippen LogP contribution in [0.25, 0.3) is 0 Å². The van der Waals surface area contributed by atoms with Crippen LogP contribution in [0.4, 0.5) is 8.78 Å². The fourth-order valence-electron chi connectivity index (χ4n) is 2.22. The van der Waals surface area contributed by atoms with Crippen LogP contribution in [0.3, 0.4) is 0 Å². The Kier molecular flexibility index (Phi) is 5.43. The maximum atomic E-state index is 12.3. The van der Waals surface area contributed by atoms with Crippen molar-refractivity contribution in [3.63, 3.8) is 0 Å². The molecule has 0 saturated heterocycles. The molecule has 0 radical (unpaired) electrons. The van der Waals surface area contributed by atoms with Crippen molar-refractivity contribution in [2.45, 2.75) is 46.5 Å². The maximum Gasteiger partial charge on any atom is 0.387 e. The predicted molar refractivity (Wildman–Crippen MR) is 78.8 cm³/mol. The van der Waals surface area contributed by atoms with E-state index in [1.165, 1.54) is 6.07 Å². The number of hydrogen-bond acceptors (Lipinski definition) is 4. The van der Waals surface area contributed by atoms with E-state index < -0.39 is 6.61 Å². The van der Waals surface area contributed by atoms with Gasteiger partial charge in [-0.2, -0.15) is 8.78 Å². The molecule has 0 fully saturated rings. The molecule has 1 unspecified atom stereocenters. The zero-order chi connectivity index (χ0) is 16.1. The first-order valence-corrected chi connectivity index (χ1v) is 7.18. The number of ether oxygens (including phenoxy) is 1. The van der Waals surface area contributed by atoms with Crippen molar-refractivity contribution in [2.24, 2.45) is 0 Å². The van der Waals surface area contributed by atoms with E-state index in [1.54, 1.807) is 12.1 Å². The number of rotatable bonds is 7. The Bertz CT molecular complexity index is 615. The van der Waals surface area contributed by atoms with E-state index in [9.17, 15) is 8.78 Å². The van der Waals surface area contributed by atoms with Crippen molar-refractivity contribution in [1.29, 1.82) is 0 Å². The second-order valence-electron chi connectivity index (χ2n) is 4.99. The topological polar surface area (TPSA) is 52.0 Å². The van der Waals surface area contributed by atoms with Crippen LogP contribution in [0, 0.1) is 6.92 Å². The van der Waals surface area contributed by atoms with Crippen LogP contribution in [0.1, 0.15) is 36.8 Å². The third-order valence-electron chi connectivity index (χ3n) is 3.49. The normalized spacial score (nSPS) is 12.6. The van der Waals surface area contributed by atoms with Gasteiger partial charge >= 0.3 is 6.61 Å². The van der Waals surface area contributed by atoms with Crippen molar-refractivity contribution in [1.82, 2.24) is 20.3 Å². The van der Waals surface area contributed by atoms with Gasteiger partial charge in [0.2, 0.25) is 0 Å². The molecule has 1 aromatic heterocycles. The predicted octanol–water partition coefficient (Wildman–Crippen LogP) is 3.06. The molecule has 1 atom stereocenters. The highest BCUT2D eigenvalue weighted by molar-refractivity contribution is 5.30. The molecule has 1 aromatic carbocycles. The van der Waals surface area contributed by atoms with Crippen LogP contribution in [-0.2, 0) is 13.1 Å². The zero-order valence-electron chi connectivity index (χ0n) is 12.9. The molecule has 120 valence electrons. The summed E-state index contributed by atoms with van der Waals surface area (Å²) in [6, 6.07) is 6.70. The quantitative estimate of drug-likeness (QED) is 0.854. The largest absolute Gasteiger partial charge is 0.435 e. The third-order valence-corrected chi connectivity index (χ3v) is 3.49. The van der Waals surface area contributed by atoms with Gasteiger partial charge in [0.25, 0.3) is 0 Å². The molecule has 2 aromatic rings. The smallest absolute Gasteiger partial charge is 0.387 e. The summed E-state index contributed by atoms with van der Waals surface area (Å²) in [6.45, 7) is 4.44. The van der Waals surface area contributed by atoms with Crippen LogP contribution in [-0.4, -0.2) is 21.6 Å². The Morgan fingerprint density at radius 2 is 2.14 bits per heavy atom.